The van der Waals surface area contributed by atoms with Gasteiger partial charge in [0.05, 0.1) is 23.4 Å². The topological polar surface area (TPSA) is 119 Å². The second kappa shape index (κ2) is 8.52. The SMILES string of the molecule is CN1Cc2cnc3ccc(-c4cnc5[nH]ccc5c4)nc3c2N(C2CCN(C(=O)C(C)(C)O)CC2)C1=O. The summed E-state index contributed by atoms with van der Waals surface area (Å²) in [6, 6.07) is 7.69. The predicted molar refractivity (Wildman–Crippen MR) is 140 cm³/mol. The van der Waals surface area contributed by atoms with Crippen LogP contribution in [0.5, 0.6) is 0 Å². The number of H-pyrrole nitrogens is 1. The van der Waals surface area contributed by atoms with E-state index in [1.807, 2.05) is 41.6 Å². The monoisotopic (exact) mass is 499 g/mol. The number of fused-ring (bicyclic) bond motifs is 4. The molecule has 190 valence electrons. The van der Waals surface area contributed by atoms with Crippen molar-refractivity contribution in [2.24, 2.45) is 0 Å². The molecule has 2 aliphatic rings. The first-order valence-corrected chi connectivity index (χ1v) is 12.5. The molecule has 0 unspecified atom stereocenters. The second-order valence-electron chi connectivity index (χ2n) is 10.4. The number of aromatic nitrogens is 4. The van der Waals surface area contributed by atoms with Crippen LogP contribution >= 0.6 is 0 Å². The first kappa shape index (κ1) is 23.4. The first-order valence-electron chi connectivity index (χ1n) is 12.5. The molecule has 10 heteroatoms. The molecule has 10 nitrogen and oxygen atoms in total. The molecular weight excluding hydrogens is 470 g/mol. The average molecular weight is 500 g/mol. The Morgan fingerprint density at radius 3 is 2.68 bits per heavy atom. The zero-order valence-electron chi connectivity index (χ0n) is 21.1. The van der Waals surface area contributed by atoms with Gasteiger partial charge in [-0.2, -0.15) is 0 Å². The number of hydrogen-bond acceptors (Lipinski definition) is 6. The lowest BCUT2D eigenvalue weighted by atomic mass is 9.98. The van der Waals surface area contributed by atoms with Crippen molar-refractivity contribution < 1.29 is 14.7 Å². The molecule has 3 amide bonds. The molecule has 1 saturated heterocycles. The maximum Gasteiger partial charge on any atom is 0.324 e. The van der Waals surface area contributed by atoms with Gasteiger partial charge in [-0.3, -0.25) is 14.7 Å². The third-order valence-electron chi connectivity index (χ3n) is 7.28. The molecule has 0 atom stereocenters. The van der Waals surface area contributed by atoms with Crippen molar-refractivity contribution in [3.8, 4) is 11.3 Å². The van der Waals surface area contributed by atoms with Crippen LogP contribution in [0.2, 0.25) is 0 Å². The molecule has 0 radical (unpaired) electrons. The summed E-state index contributed by atoms with van der Waals surface area (Å²) < 4.78 is 0. The van der Waals surface area contributed by atoms with E-state index in [4.69, 9.17) is 4.98 Å². The van der Waals surface area contributed by atoms with E-state index in [0.29, 0.717) is 38.0 Å². The van der Waals surface area contributed by atoms with E-state index in [1.54, 1.807) is 23.0 Å². The van der Waals surface area contributed by atoms with Crippen LogP contribution in [0.15, 0.2) is 42.9 Å². The number of amides is 3. The van der Waals surface area contributed by atoms with E-state index < -0.39 is 5.60 Å². The summed E-state index contributed by atoms with van der Waals surface area (Å²) in [7, 11) is 1.79. The van der Waals surface area contributed by atoms with Crippen molar-refractivity contribution in [1.29, 1.82) is 0 Å². The van der Waals surface area contributed by atoms with Gasteiger partial charge in [-0.15, -0.1) is 0 Å². The molecule has 6 heterocycles. The summed E-state index contributed by atoms with van der Waals surface area (Å²) in [5.74, 6) is -0.289. The van der Waals surface area contributed by atoms with Crippen molar-refractivity contribution in [2.45, 2.75) is 44.9 Å². The molecule has 4 aromatic rings. The first-order chi connectivity index (χ1) is 17.7. The number of hydrogen-bond donors (Lipinski definition) is 2. The zero-order chi connectivity index (χ0) is 25.9. The Morgan fingerprint density at radius 2 is 1.92 bits per heavy atom. The average Bonchev–Trinajstić information content (AvgIpc) is 3.36. The van der Waals surface area contributed by atoms with Gasteiger partial charge < -0.3 is 19.9 Å². The molecule has 0 bridgehead atoms. The summed E-state index contributed by atoms with van der Waals surface area (Å²) in [6.45, 7) is 4.41. The fraction of sp³-hybridized carbons (Fsp3) is 0.370. The summed E-state index contributed by atoms with van der Waals surface area (Å²) in [5.41, 5.74) is 4.17. The molecule has 0 saturated carbocycles. The predicted octanol–water partition coefficient (Wildman–Crippen LogP) is 3.31. The number of urea groups is 1. The lowest BCUT2D eigenvalue weighted by Gasteiger charge is -2.43. The minimum absolute atomic E-state index is 0.0881. The van der Waals surface area contributed by atoms with Crippen LogP contribution in [0, 0.1) is 0 Å². The molecule has 0 aliphatic carbocycles. The Morgan fingerprint density at radius 1 is 1.14 bits per heavy atom. The number of nitrogens with zero attached hydrogens (tertiary/aromatic N) is 6. The molecule has 2 aliphatic heterocycles. The van der Waals surface area contributed by atoms with E-state index >= 15 is 0 Å². The van der Waals surface area contributed by atoms with E-state index in [1.165, 1.54) is 13.8 Å². The number of aromatic amines is 1. The van der Waals surface area contributed by atoms with E-state index in [2.05, 4.69) is 15.0 Å². The van der Waals surface area contributed by atoms with E-state index in [9.17, 15) is 14.7 Å². The van der Waals surface area contributed by atoms with Gasteiger partial charge in [0.2, 0.25) is 0 Å². The summed E-state index contributed by atoms with van der Waals surface area (Å²) in [6.07, 6.45) is 6.70. The normalized spacial score (nSPS) is 17.1. The maximum absolute atomic E-state index is 13.5. The standard InChI is InChI=1S/C27H29N7O3/c1-27(2,37)25(35)33-10-7-19(8-11-33)34-23-18(15-32(3)26(34)36)14-29-21-5-4-20(31-22(21)23)17-12-16-6-9-28-24(16)30-13-17/h4-6,9,12-14,19,37H,7-8,10-11,15H2,1-3H3,(H,28,30). The molecule has 2 N–H and O–H groups in total. The van der Waals surface area contributed by atoms with Crippen LogP contribution in [0.1, 0.15) is 32.3 Å². The Balaban J connectivity index is 1.40. The van der Waals surface area contributed by atoms with Crippen LogP contribution in [0.4, 0.5) is 10.5 Å². The van der Waals surface area contributed by atoms with Gasteiger partial charge in [0.25, 0.3) is 5.91 Å². The van der Waals surface area contributed by atoms with Crippen molar-refractivity contribution in [3.63, 3.8) is 0 Å². The highest BCUT2D eigenvalue weighted by molar-refractivity contribution is 6.04. The third kappa shape index (κ3) is 3.97. The Hall–Kier alpha value is -4.05. The molecule has 37 heavy (non-hydrogen) atoms. The van der Waals surface area contributed by atoms with Crippen molar-refractivity contribution >= 4 is 39.7 Å². The number of anilines is 1. The summed E-state index contributed by atoms with van der Waals surface area (Å²) >= 11 is 0. The van der Waals surface area contributed by atoms with Gasteiger partial charge in [-0.25, -0.2) is 14.8 Å². The van der Waals surface area contributed by atoms with E-state index in [0.717, 1.165) is 39.1 Å². The smallest absolute Gasteiger partial charge is 0.324 e. The second-order valence-corrected chi connectivity index (χ2v) is 10.4. The highest BCUT2D eigenvalue weighted by atomic mass is 16.3. The van der Waals surface area contributed by atoms with Crippen molar-refractivity contribution in [3.05, 3.63) is 48.4 Å². The molecule has 0 spiro atoms. The van der Waals surface area contributed by atoms with Crippen LogP contribution in [-0.2, 0) is 11.3 Å². The number of nitrogens with one attached hydrogen (secondary N) is 1. The quantitative estimate of drug-likeness (QED) is 0.447. The Labute approximate surface area is 213 Å². The fourth-order valence-electron chi connectivity index (χ4n) is 5.37. The number of pyridine rings is 3. The van der Waals surface area contributed by atoms with Gasteiger partial charge >= 0.3 is 6.03 Å². The lowest BCUT2D eigenvalue weighted by molar-refractivity contribution is -0.148. The number of likely N-dealkylation sites (tertiary alicyclic amines) is 1. The number of aliphatic hydroxyl groups is 1. The minimum Gasteiger partial charge on any atom is -0.381 e. The van der Waals surface area contributed by atoms with Gasteiger partial charge in [0.1, 0.15) is 16.8 Å². The Kier molecular flexibility index (Phi) is 5.38. The molecular formula is C27H29N7O3. The minimum atomic E-state index is -1.42. The van der Waals surface area contributed by atoms with Crippen molar-refractivity contribution in [2.75, 3.05) is 25.0 Å². The van der Waals surface area contributed by atoms with Crippen LogP contribution < -0.4 is 4.90 Å². The lowest BCUT2D eigenvalue weighted by Crippen LogP contribution is -2.56. The van der Waals surface area contributed by atoms with Gasteiger partial charge in [0, 0.05) is 61.3 Å². The fourth-order valence-corrected chi connectivity index (χ4v) is 5.37. The van der Waals surface area contributed by atoms with Crippen LogP contribution in [-0.4, -0.2) is 78.6 Å². The van der Waals surface area contributed by atoms with E-state index in [-0.39, 0.29) is 18.0 Å². The van der Waals surface area contributed by atoms with Gasteiger partial charge in [0.15, 0.2) is 0 Å². The van der Waals surface area contributed by atoms with Crippen LogP contribution in [0.3, 0.4) is 0 Å². The highest BCUT2D eigenvalue weighted by Crippen LogP contribution is 2.38. The Bertz CT molecular complexity index is 1530. The number of carbonyl (C=O) groups excluding carboxylic acids is 2. The zero-order valence-corrected chi connectivity index (χ0v) is 21.1. The van der Waals surface area contributed by atoms with Crippen molar-refractivity contribution in [1.82, 2.24) is 29.7 Å². The number of rotatable bonds is 3. The summed E-state index contributed by atoms with van der Waals surface area (Å²) in [5, 5.41) is 11.2. The number of carbonyl (C=O) groups is 2. The molecule has 6 rings (SSSR count). The third-order valence-corrected chi connectivity index (χ3v) is 7.28. The molecule has 1 fully saturated rings. The molecule has 4 aromatic heterocycles. The van der Waals surface area contributed by atoms with Gasteiger partial charge in [-0.1, -0.05) is 0 Å². The summed E-state index contributed by atoms with van der Waals surface area (Å²) in [4.78, 5) is 48.6. The maximum atomic E-state index is 13.5. The largest absolute Gasteiger partial charge is 0.381 e. The highest BCUT2D eigenvalue weighted by Gasteiger charge is 2.39. The van der Waals surface area contributed by atoms with Crippen LogP contribution in [0.25, 0.3) is 33.3 Å². The molecule has 0 aromatic carbocycles. The van der Waals surface area contributed by atoms with Gasteiger partial charge in [-0.05, 0) is 51.0 Å². The number of piperidine rings is 1.